The molecule has 1 aromatic heterocycles. The van der Waals surface area contributed by atoms with E-state index in [4.69, 9.17) is 4.74 Å². The van der Waals surface area contributed by atoms with Crippen LogP contribution in [0.2, 0.25) is 0 Å². The lowest BCUT2D eigenvalue weighted by atomic mass is 10.1. The molecule has 0 bridgehead atoms. The van der Waals surface area contributed by atoms with Crippen LogP contribution < -0.4 is 10.6 Å². The summed E-state index contributed by atoms with van der Waals surface area (Å²) in [4.78, 5) is 12.1. The highest BCUT2D eigenvalue weighted by molar-refractivity contribution is 5.76. The number of nitrogens with one attached hydrogen (secondary N) is 2. The average Bonchev–Trinajstić information content (AvgIpc) is 2.87. The van der Waals surface area contributed by atoms with Gasteiger partial charge in [0.2, 0.25) is 5.91 Å². The topological polar surface area (TPSA) is 55.3 Å². The SMILES string of the molecule is CC(C)CNCc1cccn1CC(=O)NC1CCOCC1. The number of carbonyl (C=O) groups excluding carboxylic acids is 1. The average molecular weight is 293 g/mol. The normalized spacial score (nSPS) is 16.3. The number of aromatic nitrogens is 1. The van der Waals surface area contributed by atoms with Crippen LogP contribution in [0.4, 0.5) is 0 Å². The number of amides is 1. The van der Waals surface area contributed by atoms with Crippen molar-refractivity contribution in [1.82, 2.24) is 15.2 Å². The van der Waals surface area contributed by atoms with E-state index in [2.05, 4.69) is 30.5 Å². The zero-order valence-electron chi connectivity index (χ0n) is 13.1. The minimum Gasteiger partial charge on any atom is -0.381 e. The van der Waals surface area contributed by atoms with Gasteiger partial charge in [0, 0.05) is 37.7 Å². The molecule has 1 saturated heterocycles. The molecule has 0 spiro atoms. The molecular weight excluding hydrogens is 266 g/mol. The highest BCUT2D eigenvalue weighted by Gasteiger charge is 2.16. The maximum absolute atomic E-state index is 12.1. The minimum atomic E-state index is 0.0863. The Balaban J connectivity index is 1.79. The molecule has 0 aromatic carbocycles. The number of ether oxygens (including phenoxy) is 1. The second kappa shape index (κ2) is 8.20. The third kappa shape index (κ3) is 5.52. The van der Waals surface area contributed by atoms with Gasteiger partial charge in [-0.15, -0.1) is 0 Å². The fraction of sp³-hybridized carbons (Fsp3) is 0.688. The van der Waals surface area contributed by atoms with Crippen molar-refractivity contribution in [3.63, 3.8) is 0 Å². The molecule has 2 N–H and O–H groups in total. The summed E-state index contributed by atoms with van der Waals surface area (Å²) in [6.07, 6.45) is 3.80. The van der Waals surface area contributed by atoms with E-state index in [1.54, 1.807) is 0 Å². The molecule has 2 heterocycles. The third-order valence-electron chi connectivity index (χ3n) is 3.68. The van der Waals surface area contributed by atoms with Crippen LogP contribution in [0.25, 0.3) is 0 Å². The molecule has 0 radical (unpaired) electrons. The highest BCUT2D eigenvalue weighted by atomic mass is 16.5. The molecular formula is C16H27N3O2. The van der Waals surface area contributed by atoms with Crippen LogP contribution in [0.15, 0.2) is 18.3 Å². The molecule has 1 aliphatic rings. The summed E-state index contributed by atoms with van der Waals surface area (Å²) < 4.78 is 7.32. The fourth-order valence-electron chi connectivity index (χ4n) is 2.52. The second-order valence-corrected chi connectivity index (χ2v) is 6.11. The smallest absolute Gasteiger partial charge is 0.240 e. The molecule has 1 aliphatic heterocycles. The van der Waals surface area contributed by atoms with Gasteiger partial charge in [0.1, 0.15) is 6.54 Å². The maximum atomic E-state index is 12.1. The van der Waals surface area contributed by atoms with Crippen LogP contribution in [0.3, 0.4) is 0 Å². The molecule has 1 aromatic rings. The van der Waals surface area contributed by atoms with Gasteiger partial charge in [0.15, 0.2) is 0 Å². The number of rotatable bonds is 7. The van der Waals surface area contributed by atoms with Crippen molar-refractivity contribution in [2.24, 2.45) is 5.92 Å². The van der Waals surface area contributed by atoms with Crippen molar-refractivity contribution in [2.45, 2.75) is 45.8 Å². The van der Waals surface area contributed by atoms with E-state index < -0.39 is 0 Å². The Kier molecular flexibility index (Phi) is 6.26. The molecule has 2 rings (SSSR count). The zero-order valence-corrected chi connectivity index (χ0v) is 13.1. The van der Waals surface area contributed by atoms with Crippen molar-refractivity contribution in [3.8, 4) is 0 Å². The number of hydrogen-bond acceptors (Lipinski definition) is 3. The Morgan fingerprint density at radius 3 is 2.90 bits per heavy atom. The predicted octanol–water partition coefficient (Wildman–Crippen LogP) is 1.53. The molecule has 0 unspecified atom stereocenters. The largest absolute Gasteiger partial charge is 0.381 e. The van der Waals surface area contributed by atoms with E-state index in [1.165, 1.54) is 0 Å². The summed E-state index contributed by atoms with van der Waals surface area (Å²) in [6, 6.07) is 4.33. The zero-order chi connectivity index (χ0) is 15.1. The first kappa shape index (κ1) is 16.0. The van der Waals surface area contributed by atoms with Crippen LogP contribution in [-0.4, -0.2) is 36.3 Å². The van der Waals surface area contributed by atoms with E-state index in [1.807, 2.05) is 16.8 Å². The van der Waals surface area contributed by atoms with Crippen LogP contribution >= 0.6 is 0 Å². The first-order chi connectivity index (χ1) is 10.1. The molecule has 118 valence electrons. The molecule has 0 atom stereocenters. The Hall–Kier alpha value is -1.33. The Morgan fingerprint density at radius 2 is 2.19 bits per heavy atom. The minimum absolute atomic E-state index is 0.0863. The lowest BCUT2D eigenvalue weighted by molar-refractivity contribution is -0.123. The maximum Gasteiger partial charge on any atom is 0.240 e. The van der Waals surface area contributed by atoms with E-state index >= 15 is 0 Å². The summed E-state index contributed by atoms with van der Waals surface area (Å²) in [7, 11) is 0. The lowest BCUT2D eigenvalue weighted by Crippen LogP contribution is -2.40. The van der Waals surface area contributed by atoms with Crippen molar-refractivity contribution in [3.05, 3.63) is 24.0 Å². The summed E-state index contributed by atoms with van der Waals surface area (Å²) in [5.74, 6) is 0.716. The molecule has 5 heteroatoms. The standard InChI is InChI=1S/C16H27N3O2/c1-13(2)10-17-11-15-4-3-7-19(15)12-16(20)18-14-5-8-21-9-6-14/h3-4,7,13-14,17H,5-6,8-12H2,1-2H3,(H,18,20). The van der Waals surface area contributed by atoms with Crippen molar-refractivity contribution in [2.75, 3.05) is 19.8 Å². The number of hydrogen-bond donors (Lipinski definition) is 2. The summed E-state index contributed by atoms with van der Waals surface area (Å²) in [6.45, 7) is 8.05. The predicted molar refractivity (Wildman–Crippen MR) is 83.0 cm³/mol. The van der Waals surface area contributed by atoms with Crippen LogP contribution in [0, 0.1) is 5.92 Å². The van der Waals surface area contributed by atoms with Crippen LogP contribution in [0.1, 0.15) is 32.4 Å². The lowest BCUT2D eigenvalue weighted by Gasteiger charge is -2.23. The van der Waals surface area contributed by atoms with Gasteiger partial charge in [-0.2, -0.15) is 0 Å². The monoisotopic (exact) mass is 293 g/mol. The molecule has 21 heavy (non-hydrogen) atoms. The van der Waals surface area contributed by atoms with E-state index in [0.29, 0.717) is 12.5 Å². The first-order valence-corrected chi connectivity index (χ1v) is 7.87. The summed E-state index contributed by atoms with van der Waals surface area (Å²) >= 11 is 0. The van der Waals surface area contributed by atoms with E-state index in [0.717, 1.165) is 44.8 Å². The Morgan fingerprint density at radius 1 is 1.43 bits per heavy atom. The van der Waals surface area contributed by atoms with E-state index in [-0.39, 0.29) is 11.9 Å². The van der Waals surface area contributed by atoms with Crippen LogP contribution in [-0.2, 0) is 22.6 Å². The van der Waals surface area contributed by atoms with Gasteiger partial charge in [-0.1, -0.05) is 13.8 Å². The van der Waals surface area contributed by atoms with Gasteiger partial charge in [-0.25, -0.2) is 0 Å². The quantitative estimate of drug-likeness (QED) is 0.801. The molecule has 0 saturated carbocycles. The first-order valence-electron chi connectivity index (χ1n) is 7.87. The fourth-order valence-corrected chi connectivity index (χ4v) is 2.52. The van der Waals surface area contributed by atoms with Gasteiger partial charge in [-0.3, -0.25) is 4.79 Å². The van der Waals surface area contributed by atoms with Gasteiger partial charge < -0.3 is 19.9 Å². The second-order valence-electron chi connectivity index (χ2n) is 6.11. The van der Waals surface area contributed by atoms with Crippen molar-refractivity contribution in [1.29, 1.82) is 0 Å². The Bertz CT molecular complexity index is 436. The molecule has 0 aliphatic carbocycles. The van der Waals surface area contributed by atoms with Gasteiger partial charge in [0.25, 0.3) is 0 Å². The van der Waals surface area contributed by atoms with Crippen LogP contribution in [0.5, 0.6) is 0 Å². The number of nitrogens with zero attached hydrogens (tertiary/aromatic N) is 1. The highest BCUT2D eigenvalue weighted by Crippen LogP contribution is 2.07. The van der Waals surface area contributed by atoms with E-state index in [9.17, 15) is 4.79 Å². The molecule has 1 amide bonds. The van der Waals surface area contributed by atoms with Gasteiger partial charge >= 0.3 is 0 Å². The van der Waals surface area contributed by atoms with Crippen molar-refractivity contribution < 1.29 is 9.53 Å². The third-order valence-corrected chi connectivity index (χ3v) is 3.68. The van der Waals surface area contributed by atoms with Crippen molar-refractivity contribution >= 4 is 5.91 Å². The Labute approximate surface area is 127 Å². The summed E-state index contributed by atoms with van der Waals surface area (Å²) in [5.41, 5.74) is 1.15. The molecule has 1 fully saturated rings. The summed E-state index contributed by atoms with van der Waals surface area (Å²) in [5, 5.41) is 6.51. The van der Waals surface area contributed by atoms with Gasteiger partial charge in [-0.05, 0) is 37.4 Å². The molecule has 5 nitrogen and oxygen atoms in total. The number of carbonyl (C=O) groups is 1. The van der Waals surface area contributed by atoms with Gasteiger partial charge in [0.05, 0.1) is 0 Å².